The van der Waals surface area contributed by atoms with Gasteiger partial charge in [-0.25, -0.2) is 0 Å². The number of amides is 2. The molecule has 0 unspecified atom stereocenters. The minimum Gasteiger partial charge on any atom is -0.380 e. The number of hydrogen-bond acceptors (Lipinski definition) is 4. The molecule has 0 aliphatic carbocycles. The molecule has 96 valence electrons. The summed E-state index contributed by atoms with van der Waals surface area (Å²) < 4.78 is 1.09. The summed E-state index contributed by atoms with van der Waals surface area (Å²) in [6, 6.07) is 9.21. The second-order valence-electron chi connectivity index (χ2n) is 4.10. The molecule has 0 saturated carbocycles. The van der Waals surface area contributed by atoms with E-state index in [1.807, 2.05) is 12.1 Å². The minimum absolute atomic E-state index is 0.325. The van der Waals surface area contributed by atoms with Gasteiger partial charge in [0.15, 0.2) is 0 Å². The summed E-state index contributed by atoms with van der Waals surface area (Å²) in [6.45, 7) is 0.685. The van der Waals surface area contributed by atoms with Crippen molar-refractivity contribution in [3.63, 3.8) is 0 Å². The van der Waals surface area contributed by atoms with E-state index < -0.39 is 0 Å². The lowest BCUT2D eigenvalue weighted by molar-refractivity contribution is 0.0879. The van der Waals surface area contributed by atoms with Crippen molar-refractivity contribution in [2.75, 3.05) is 5.32 Å². The molecule has 0 bridgehead atoms. The number of hydrogen-bond donors (Lipinski definition) is 2. The molecule has 2 N–H and O–H groups in total. The largest absolute Gasteiger partial charge is 0.380 e. The second kappa shape index (κ2) is 4.79. The zero-order valence-corrected chi connectivity index (χ0v) is 12.1. The van der Waals surface area contributed by atoms with E-state index in [0.29, 0.717) is 17.7 Å². The highest BCUT2D eigenvalue weighted by molar-refractivity contribution is 9.11. The molecule has 0 radical (unpaired) electrons. The lowest BCUT2D eigenvalue weighted by atomic mass is 10.1. The fraction of sp³-hybridized carbons (Fsp3) is 0.0769. The van der Waals surface area contributed by atoms with Gasteiger partial charge in [0, 0.05) is 17.1 Å². The lowest BCUT2D eigenvalue weighted by Gasteiger charge is -2.05. The average molecular weight is 337 g/mol. The monoisotopic (exact) mass is 336 g/mol. The Morgan fingerprint density at radius 1 is 1.11 bits per heavy atom. The number of thiophene rings is 1. The number of nitrogens with one attached hydrogen (secondary N) is 2. The Labute approximate surface area is 122 Å². The van der Waals surface area contributed by atoms with Crippen LogP contribution in [0, 0.1) is 0 Å². The van der Waals surface area contributed by atoms with E-state index in [1.54, 1.807) is 29.5 Å². The molecule has 1 aromatic heterocycles. The molecule has 0 atom stereocenters. The maximum absolute atomic E-state index is 11.5. The molecule has 0 fully saturated rings. The number of benzene rings is 1. The SMILES string of the molecule is O=C1NC(=O)c2cc(NCc3ccc(Br)s3)ccc21. The Balaban J connectivity index is 1.78. The van der Waals surface area contributed by atoms with Crippen molar-refractivity contribution in [3.05, 3.63) is 50.1 Å². The molecule has 4 nitrogen and oxygen atoms in total. The highest BCUT2D eigenvalue weighted by Gasteiger charge is 2.26. The van der Waals surface area contributed by atoms with Crippen molar-refractivity contribution in [2.45, 2.75) is 6.54 Å². The molecule has 19 heavy (non-hydrogen) atoms. The fourth-order valence-electron chi connectivity index (χ4n) is 1.91. The third-order valence-corrected chi connectivity index (χ3v) is 4.46. The molecule has 6 heteroatoms. The molecule has 0 spiro atoms. The Hall–Kier alpha value is -1.66. The van der Waals surface area contributed by atoms with E-state index in [4.69, 9.17) is 0 Å². The highest BCUT2D eigenvalue weighted by Crippen LogP contribution is 2.24. The van der Waals surface area contributed by atoms with Crippen molar-refractivity contribution in [3.8, 4) is 0 Å². The van der Waals surface area contributed by atoms with Gasteiger partial charge in [0.05, 0.1) is 14.9 Å². The Morgan fingerprint density at radius 2 is 1.89 bits per heavy atom. The van der Waals surface area contributed by atoms with E-state index in [0.717, 1.165) is 9.47 Å². The van der Waals surface area contributed by atoms with Gasteiger partial charge >= 0.3 is 0 Å². The van der Waals surface area contributed by atoms with Crippen LogP contribution in [0.15, 0.2) is 34.1 Å². The fourth-order valence-corrected chi connectivity index (χ4v) is 3.34. The van der Waals surface area contributed by atoms with Gasteiger partial charge in [0.25, 0.3) is 11.8 Å². The number of fused-ring (bicyclic) bond motifs is 1. The quantitative estimate of drug-likeness (QED) is 0.847. The van der Waals surface area contributed by atoms with E-state index in [9.17, 15) is 9.59 Å². The Bertz CT molecular complexity index is 681. The highest BCUT2D eigenvalue weighted by atomic mass is 79.9. The normalized spacial score (nSPS) is 13.3. The number of carbonyl (C=O) groups excluding carboxylic acids is 2. The predicted octanol–water partition coefficient (Wildman–Crippen LogP) is 3.01. The molecule has 2 amide bonds. The van der Waals surface area contributed by atoms with Gasteiger partial charge in [-0.3, -0.25) is 14.9 Å². The van der Waals surface area contributed by atoms with Crippen molar-refractivity contribution < 1.29 is 9.59 Å². The van der Waals surface area contributed by atoms with Gasteiger partial charge in [-0.1, -0.05) is 0 Å². The Kier molecular flexibility index (Phi) is 3.12. The summed E-state index contributed by atoms with van der Waals surface area (Å²) in [5.74, 6) is -0.656. The lowest BCUT2D eigenvalue weighted by Crippen LogP contribution is -2.19. The molecular weight excluding hydrogens is 328 g/mol. The minimum atomic E-state index is -0.331. The zero-order chi connectivity index (χ0) is 13.4. The van der Waals surface area contributed by atoms with E-state index >= 15 is 0 Å². The van der Waals surface area contributed by atoms with E-state index in [2.05, 4.69) is 26.6 Å². The number of rotatable bonds is 3. The predicted molar refractivity (Wildman–Crippen MR) is 77.6 cm³/mol. The van der Waals surface area contributed by atoms with Gasteiger partial charge in [-0.2, -0.15) is 0 Å². The number of halogens is 1. The summed E-state index contributed by atoms with van der Waals surface area (Å²) in [4.78, 5) is 24.1. The second-order valence-corrected chi connectivity index (χ2v) is 6.65. The van der Waals surface area contributed by atoms with Crippen molar-refractivity contribution in [1.29, 1.82) is 0 Å². The topological polar surface area (TPSA) is 58.2 Å². The standard InChI is InChI=1S/C13H9BrN2O2S/c14-11-4-2-8(19-11)6-15-7-1-3-9-10(5-7)13(18)16-12(9)17/h1-5,15H,6H2,(H,16,17,18). The maximum Gasteiger partial charge on any atom is 0.259 e. The summed E-state index contributed by atoms with van der Waals surface area (Å²) in [7, 11) is 0. The van der Waals surface area contributed by atoms with Crippen LogP contribution in [0.25, 0.3) is 0 Å². The van der Waals surface area contributed by atoms with E-state index in [-0.39, 0.29) is 11.8 Å². The summed E-state index contributed by atoms with van der Waals surface area (Å²) >= 11 is 5.07. The van der Waals surface area contributed by atoms with Gasteiger partial charge in [0.1, 0.15) is 0 Å². The maximum atomic E-state index is 11.5. The molecule has 1 aliphatic heterocycles. The van der Waals surface area contributed by atoms with Crippen LogP contribution in [0.1, 0.15) is 25.6 Å². The van der Waals surface area contributed by atoms with Crippen molar-refractivity contribution in [1.82, 2.24) is 5.32 Å². The molecule has 0 saturated heterocycles. The van der Waals surface area contributed by atoms with Crippen molar-refractivity contribution in [2.24, 2.45) is 0 Å². The third-order valence-electron chi connectivity index (χ3n) is 2.83. The Morgan fingerprint density at radius 3 is 2.63 bits per heavy atom. The number of anilines is 1. The van der Waals surface area contributed by atoms with Gasteiger partial charge in [-0.15, -0.1) is 11.3 Å². The first kappa shape index (κ1) is 12.4. The van der Waals surface area contributed by atoms with Crippen molar-refractivity contribution >= 4 is 44.8 Å². The van der Waals surface area contributed by atoms with Crippen LogP contribution in [0.4, 0.5) is 5.69 Å². The van der Waals surface area contributed by atoms with Crippen LogP contribution in [0.5, 0.6) is 0 Å². The summed E-state index contributed by atoms with van der Waals surface area (Å²) in [5.41, 5.74) is 1.70. The molecule has 2 aromatic rings. The first-order chi connectivity index (χ1) is 9.13. The molecule has 1 aromatic carbocycles. The summed E-state index contributed by atoms with van der Waals surface area (Å²) in [6.07, 6.45) is 0. The molecule has 2 heterocycles. The first-order valence-electron chi connectivity index (χ1n) is 5.61. The smallest absolute Gasteiger partial charge is 0.259 e. The molecular formula is C13H9BrN2O2S. The summed E-state index contributed by atoms with van der Waals surface area (Å²) in [5, 5.41) is 5.51. The van der Waals surface area contributed by atoms with E-state index in [1.165, 1.54) is 4.88 Å². The van der Waals surface area contributed by atoms with Crippen LogP contribution >= 0.6 is 27.3 Å². The third kappa shape index (κ3) is 2.41. The van der Waals surface area contributed by atoms with Crippen LogP contribution in [-0.4, -0.2) is 11.8 Å². The number of imide groups is 1. The van der Waals surface area contributed by atoms with Crippen LogP contribution in [-0.2, 0) is 6.54 Å². The van der Waals surface area contributed by atoms with Crippen LogP contribution in [0.2, 0.25) is 0 Å². The van der Waals surface area contributed by atoms with Gasteiger partial charge < -0.3 is 5.32 Å². The van der Waals surface area contributed by atoms with Crippen LogP contribution in [0.3, 0.4) is 0 Å². The van der Waals surface area contributed by atoms with Crippen LogP contribution < -0.4 is 10.6 Å². The number of carbonyl (C=O) groups is 2. The van der Waals surface area contributed by atoms with Gasteiger partial charge in [-0.05, 0) is 46.3 Å². The molecule has 1 aliphatic rings. The molecule has 3 rings (SSSR count). The average Bonchev–Trinajstić information content (AvgIpc) is 2.92. The zero-order valence-electron chi connectivity index (χ0n) is 9.70. The first-order valence-corrected chi connectivity index (χ1v) is 7.22. The van der Waals surface area contributed by atoms with Gasteiger partial charge in [0.2, 0.25) is 0 Å².